The monoisotopic (exact) mass is 435 g/mol. The van der Waals surface area contributed by atoms with Gasteiger partial charge in [-0.3, -0.25) is 0 Å². The number of hydrogen-bond acceptors (Lipinski definition) is 4. The number of anilines is 1. The number of halogens is 1. The number of benzene rings is 1. The molecule has 0 radical (unpaired) electrons. The van der Waals surface area contributed by atoms with E-state index in [1.807, 2.05) is 6.20 Å². The van der Waals surface area contributed by atoms with Crippen molar-refractivity contribution >= 4 is 38.9 Å². The van der Waals surface area contributed by atoms with Crippen molar-refractivity contribution in [2.24, 2.45) is 10.9 Å². The summed E-state index contributed by atoms with van der Waals surface area (Å²) in [6, 6.07) is 8.54. The van der Waals surface area contributed by atoms with Crippen molar-refractivity contribution in [2.75, 3.05) is 31.1 Å². The van der Waals surface area contributed by atoms with Crippen LogP contribution >= 0.6 is 27.3 Å². The molecule has 3 rings (SSSR count). The van der Waals surface area contributed by atoms with E-state index in [0.717, 1.165) is 41.6 Å². The Hall–Kier alpha value is -1.60. The standard InChI is InChI=1S/C19H26BrN5S/c1-3-21-19(24-12-18-22-10-14(2)26-18)23-11-15-7-8-25(13-15)17-6-4-5-16(20)9-17/h4-6,9-10,15H,3,7-8,11-13H2,1-2H3,(H2,21,23,24). The lowest BCUT2D eigenvalue weighted by molar-refractivity contribution is 0.566. The van der Waals surface area contributed by atoms with Gasteiger partial charge in [0.25, 0.3) is 0 Å². The molecule has 0 bridgehead atoms. The van der Waals surface area contributed by atoms with Crippen LogP contribution < -0.4 is 15.5 Å². The Labute approximate surface area is 168 Å². The van der Waals surface area contributed by atoms with E-state index in [1.165, 1.54) is 17.0 Å². The number of guanidine groups is 1. The summed E-state index contributed by atoms with van der Waals surface area (Å²) in [6.07, 6.45) is 3.11. The van der Waals surface area contributed by atoms with Crippen LogP contribution in [0.25, 0.3) is 0 Å². The van der Waals surface area contributed by atoms with Crippen LogP contribution in [-0.4, -0.2) is 37.1 Å². The minimum atomic E-state index is 0.625. The van der Waals surface area contributed by atoms with E-state index in [9.17, 15) is 0 Å². The summed E-state index contributed by atoms with van der Waals surface area (Å²) in [7, 11) is 0. The molecule has 140 valence electrons. The molecule has 1 aliphatic rings. The quantitative estimate of drug-likeness (QED) is 0.535. The van der Waals surface area contributed by atoms with Crippen molar-refractivity contribution in [3.63, 3.8) is 0 Å². The summed E-state index contributed by atoms with van der Waals surface area (Å²) < 4.78 is 1.13. The van der Waals surface area contributed by atoms with E-state index >= 15 is 0 Å². The maximum Gasteiger partial charge on any atom is 0.191 e. The Morgan fingerprint density at radius 3 is 3.04 bits per heavy atom. The summed E-state index contributed by atoms with van der Waals surface area (Å²) in [4.78, 5) is 12.7. The lowest BCUT2D eigenvalue weighted by atomic mass is 10.1. The van der Waals surface area contributed by atoms with Gasteiger partial charge in [-0.1, -0.05) is 22.0 Å². The molecule has 1 atom stereocenters. The maximum absolute atomic E-state index is 4.67. The predicted molar refractivity (Wildman–Crippen MR) is 114 cm³/mol. The number of hydrogen-bond donors (Lipinski definition) is 2. The zero-order valence-corrected chi connectivity index (χ0v) is 17.7. The van der Waals surface area contributed by atoms with E-state index in [0.29, 0.717) is 12.5 Å². The molecule has 1 aromatic carbocycles. The Bertz CT molecular complexity index is 745. The van der Waals surface area contributed by atoms with Gasteiger partial charge in [-0.15, -0.1) is 11.3 Å². The first kappa shape index (κ1) is 19.2. The summed E-state index contributed by atoms with van der Waals surface area (Å²) >= 11 is 5.27. The van der Waals surface area contributed by atoms with Gasteiger partial charge in [0.1, 0.15) is 5.01 Å². The number of nitrogens with zero attached hydrogens (tertiary/aromatic N) is 3. The third kappa shape index (κ3) is 5.45. The zero-order valence-electron chi connectivity index (χ0n) is 15.3. The Kier molecular flexibility index (Phi) is 6.91. The number of nitrogens with one attached hydrogen (secondary N) is 2. The van der Waals surface area contributed by atoms with Crippen LogP contribution in [0.15, 0.2) is 39.9 Å². The molecule has 0 amide bonds. The first-order valence-corrected chi connectivity index (χ1v) is 10.7. The van der Waals surface area contributed by atoms with E-state index in [1.54, 1.807) is 11.3 Å². The van der Waals surface area contributed by atoms with Gasteiger partial charge < -0.3 is 15.5 Å². The Morgan fingerprint density at radius 2 is 2.31 bits per heavy atom. The molecule has 0 saturated carbocycles. The summed E-state index contributed by atoms with van der Waals surface area (Å²) in [5, 5.41) is 7.89. The molecule has 1 aliphatic heterocycles. The van der Waals surface area contributed by atoms with Crippen LogP contribution in [0.3, 0.4) is 0 Å². The lowest BCUT2D eigenvalue weighted by Crippen LogP contribution is -2.40. The second-order valence-electron chi connectivity index (χ2n) is 6.52. The van der Waals surface area contributed by atoms with Gasteiger partial charge in [0.2, 0.25) is 0 Å². The molecule has 0 aliphatic carbocycles. The van der Waals surface area contributed by atoms with Crippen molar-refractivity contribution in [3.05, 3.63) is 44.8 Å². The average molecular weight is 436 g/mol. The van der Waals surface area contributed by atoms with Crippen molar-refractivity contribution < 1.29 is 0 Å². The van der Waals surface area contributed by atoms with Crippen LogP contribution in [0.5, 0.6) is 0 Å². The number of aliphatic imine (C=N–C) groups is 1. The minimum absolute atomic E-state index is 0.625. The highest BCUT2D eigenvalue weighted by Crippen LogP contribution is 2.25. The molecule has 1 unspecified atom stereocenters. The first-order valence-electron chi connectivity index (χ1n) is 9.08. The molecule has 0 spiro atoms. The predicted octanol–water partition coefficient (Wildman–Crippen LogP) is 3.80. The number of aromatic nitrogens is 1. The summed E-state index contributed by atoms with van der Waals surface area (Å²) in [5.74, 6) is 1.50. The maximum atomic E-state index is 4.67. The van der Waals surface area contributed by atoms with Crippen LogP contribution in [0, 0.1) is 12.8 Å². The SMILES string of the molecule is CCNC(=NCc1ncc(C)s1)NCC1CCN(c2cccc(Br)c2)C1. The van der Waals surface area contributed by atoms with Gasteiger partial charge in [0.15, 0.2) is 5.96 Å². The van der Waals surface area contributed by atoms with Crippen molar-refractivity contribution in [2.45, 2.75) is 26.8 Å². The van der Waals surface area contributed by atoms with Crippen molar-refractivity contribution in [3.8, 4) is 0 Å². The van der Waals surface area contributed by atoms with Gasteiger partial charge in [-0.2, -0.15) is 0 Å². The second-order valence-corrected chi connectivity index (χ2v) is 8.76. The molecule has 26 heavy (non-hydrogen) atoms. The molecule has 7 heteroatoms. The number of thiazole rings is 1. The summed E-state index contributed by atoms with van der Waals surface area (Å²) in [5.41, 5.74) is 1.29. The second kappa shape index (κ2) is 9.37. The molecule has 1 fully saturated rings. The largest absolute Gasteiger partial charge is 0.371 e. The Balaban J connectivity index is 1.51. The molecule has 2 aromatic rings. The van der Waals surface area contributed by atoms with Gasteiger partial charge in [0.05, 0.1) is 6.54 Å². The fourth-order valence-electron chi connectivity index (χ4n) is 3.11. The normalized spacial score (nSPS) is 17.6. The number of aryl methyl sites for hydroxylation is 1. The fourth-order valence-corrected chi connectivity index (χ4v) is 4.21. The van der Waals surface area contributed by atoms with Gasteiger partial charge in [-0.25, -0.2) is 9.98 Å². The van der Waals surface area contributed by atoms with Crippen LogP contribution in [0.2, 0.25) is 0 Å². The van der Waals surface area contributed by atoms with E-state index < -0.39 is 0 Å². The third-order valence-corrected chi connectivity index (χ3v) is 5.79. The third-order valence-electron chi connectivity index (χ3n) is 4.40. The van der Waals surface area contributed by atoms with Crippen molar-refractivity contribution in [1.82, 2.24) is 15.6 Å². The first-order chi connectivity index (χ1) is 12.6. The highest BCUT2D eigenvalue weighted by atomic mass is 79.9. The highest BCUT2D eigenvalue weighted by Gasteiger charge is 2.22. The molecule has 2 heterocycles. The Morgan fingerprint density at radius 1 is 1.42 bits per heavy atom. The van der Waals surface area contributed by atoms with Gasteiger partial charge in [0, 0.05) is 47.4 Å². The smallest absolute Gasteiger partial charge is 0.191 e. The average Bonchev–Trinajstić information content (AvgIpc) is 3.26. The van der Waals surface area contributed by atoms with Crippen LogP contribution in [-0.2, 0) is 6.54 Å². The van der Waals surface area contributed by atoms with Crippen molar-refractivity contribution in [1.29, 1.82) is 0 Å². The molecule has 1 aromatic heterocycles. The number of rotatable bonds is 6. The van der Waals surface area contributed by atoms with Crippen LogP contribution in [0.4, 0.5) is 5.69 Å². The topological polar surface area (TPSA) is 52.6 Å². The lowest BCUT2D eigenvalue weighted by Gasteiger charge is -2.19. The minimum Gasteiger partial charge on any atom is -0.371 e. The van der Waals surface area contributed by atoms with Crippen LogP contribution in [0.1, 0.15) is 23.2 Å². The molecular formula is C19H26BrN5S. The molecular weight excluding hydrogens is 410 g/mol. The zero-order chi connectivity index (χ0) is 18.4. The molecule has 5 nitrogen and oxygen atoms in total. The van der Waals surface area contributed by atoms with E-state index in [4.69, 9.17) is 0 Å². The van der Waals surface area contributed by atoms with E-state index in [-0.39, 0.29) is 0 Å². The molecule has 1 saturated heterocycles. The van der Waals surface area contributed by atoms with E-state index in [2.05, 4.69) is 79.6 Å². The molecule has 2 N–H and O–H groups in total. The summed E-state index contributed by atoms with van der Waals surface area (Å²) in [6.45, 7) is 8.78. The van der Waals surface area contributed by atoms with Gasteiger partial charge >= 0.3 is 0 Å². The fraction of sp³-hybridized carbons (Fsp3) is 0.474. The van der Waals surface area contributed by atoms with Gasteiger partial charge in [-0.05, 0) is 44.4 Å². The highest BCUT2D eigenvalue weighted by molar-refractivity contribution is 9.10.